The highest BCUT2D eigenvalue weighted by molar-refractivity contribution is 7.71. The standard InChI is InChI=1S/C14H16N6O2S/c1-8(2)20-11(7-9(18-20)10-5-4-6-22-10)15-13(21)12-16-17-14(23)19(12)3/h4-8H,1-3H3,(H,15,21)(H,17,23). The van der Waals surface area contributed by atoms with Gasteiger partial charge in [0, 0.05) is 19.2 Å². The predicted octanol–water partition coefficient (Wildman–Crippen LogP) is 2.77. The number of rotatable bonds is 4. The van der Waals surface area contributed by atoms with Crippen LogP contribution in [0.15, 0.2) is 28.9 Å². The number of aromatic nitrogens is 5. The van der Waals surface area contributed by atoms with Gasteiger partial charge in [0.1, 0.15) is 11.5 Å². The van der Waals surface area contributed by atoms with Gasteiger partial charge in [-0.2, -0.15) is 5.10 Å². The lowest BCUT2D eigenvalue weighted by Gasteiger charge is -2.11. The van der Waals surface area contributed by atoms with Crippen molar-refractivity contribution in [2.45, 2.75) is 19.9 Å². The van der Waals surface area contributed by atoms with E-state index in [4.69, 9.17) is 16.6 Å². The number of furan rings is 1. The van der Waals surface area contributed by atoms with Crippen LogP contribution in [0.25, 0.3) is 11.5 Å². The number of carbonyl (C=O) groups excluding carboxylic acids is 1. The number of aromatic amines is 1. The first-order valence-corrected chi connectivity index (χ1v) is 7.44. The van der Waals surface area contributed by atoms with Crippen LogP contribution >= 0.6 is 12.2 Å². The Bertz CT molecular complexity index is 887. The highest BCUT2D eigenvalue weighted by Crippen LogP contribution is 2.25. The second-order valence-corrected chi connectivity index (χ2v) is 5.68. The van der Waals surface area contributed by atoms with Crippen molar-refractivity contribution in [1.82, 2.24) is 24.5 Å². The Hall–Kier alpha value is -2.68. The minimum atomic E-state index is -0.368. The predicted molar refractivity (Wildman–Crippen MR) is 86.7 cm³/mol. The zero-order chi connectivity index (χ0) is 16.6. The van der Waals surface area contributed by atoms with E-state index >= 15 is 0 Å². The monoisotopic (exact) mass is 332 g/mol. The van der Waals surface area contributed by atoms with Crippen molar-refractivity contribution in [3.63, 3.8) is 0 Å². The minimum absolute atomic E-state index is 0.0662. The van der Waals surface area contributed by atoms with E-state index in [2.05, 4.69) is 20.6 Å². The molecular formula is C14H16N6O2S. The van der Waals surface area contributed by atoms with E-state index in [1.54, 1.807) is 30.1 Å². The molecule has 0 aliphatic rings. The number of hydrogen-bond acceptors (Lipinski definition) is 5. The second kappa shape index (κ2) is 5.84. The van der Waals surface area contributed by atoms with Crippen molar-refractivity contribution in [2.75, 3.05) is 5.32 Å². The SMILES string of the molecule is CC(C)n1nc(-c2ccco2)cc1NC(=O)c1n[nH]c(=S)n1C. The Morgan fingerprint density at radius 1 is 1.48 bits per heavy atom. The molecule has 0 aliphatic heterocycles. The number of H-pyrrole nitrogens is 1. The molecule has 120 valence electrons. The van der Waals surface area contributed by atoms with Crippen LogP contribution in [0.2, 0.25) is 0 Å². The molecule has 0 fully saturated rings. The number of nitrogens with one attached hydrogen (secondary N) is 2. The normalized spacial score (nSPS) is 11.1. The third-order valence-electron chi connectivity index (χ3n) is 3.32. The van der Waals surface area contributed by atoms with E-state index in [9.17, 15) is 4.79 Å². The summed E-state index contributed by atoms with van der Waals surface area (Å²) in [5, 5.41) is 13.8. The number of anilines is 1. The van der Waals surface area contributed by atoms with E-state index in [0.29, 0.717) is 22.0 Å². The van der Waals surface area contributed by atoms with Crippen LogP contribution in [0.3, 0.4) is 0 Å². The molecule has 23 heavy (non-hydrogen) atoms. The molecule has 0 atom stereocenters. The van der Waals surface area contributed by atoms with Crippen molar-refractivity contribution < 1.29 is 9.21 Å². The van der Waals surface area contributed by atoms with Crippen LogP contribution in [0, 0.1) is 4.77 Å². The van der Waals surface area contributed by atoms with Gasteiger partial charge >= 0.3 is 0 Å². The van der Waals surface area contributed by atoms with Gasteiger partial charge in [-0.05, 0) is 38.2 Å². The van der Waals surface area contributed by atoms with Crippen molar-refractivity contribution in [2.24, 2.45) is 7.05 Å². The largest absolute Gasteiger partial charge is 0.463 e. The molecule has 0 aliphatic carbocycles. The minimum Gasteiger partial charge on any atom is -0.463 e. The summed E-state index contributed by atoms with van der Waals surface area (Å²) in [7, 11) is 1.68. The quantitative estimate of drug-likeness (QED) is 0.717. The Balaban J connectivity index is 1.94. The topological polar surface area (TPSA) is 93.7 Å². The Morgan fingerprint density at radius 3 is 2.83 bits per heavy atom. The first-order chi connectivity index (χ1) is 11.0. The summed E-state index contributed by atoms with van der Waals surface area (Å²) < 4.78 is 8.96. The Kier molecular flexibility index (Phi) is 3.87. The van der Waals surface area contributed by atoms with Crippen LogP contribution in [-0.4, -0.2) is 30.5 Å². The molecule has 2 N–H and O–H groups in total. The molecule has 0 saturated heterocycles. The zero-order valence-electron chi connectivity index (χ0n) is 12.9. The maximum absolute atomic E-state index is 12.4. The summed E-state index contributed by atoms with van der Waals surface area (Å²) in [5.41, 5.74) is 0.648. The number of carbonyl (C=O) groups is 1. The zero-order valence-corrected chi connectivity index (χ0v) is 13.7. The molecule has 3 heterocycles. The van der Waals surface area contributed by atoms with Crippen molar-refractivity contribution >= 4 is 23.9 Å². The van der Waals surface area contributed by atoms with Crippen LogP contribution < -0.4 is 5.32 Å². The first kappa shape index (κ1) is 15.2. The smallest absolute Gasteiger partial charge is 0.294 e. The summed E-state index contributed by atoms with van der Waals surface area (Å²) in [5.74, 6) is 1.03. The van der Waals surface area contributed by atoms with Gasteiger partial charge in [0.15, 0.2) is 10.5 Å². The average Bonchev–Trinajstić information content (AvgIpc) is 3.20. The lowest BCUT2D eigenvalue weighted by Crippen LogP contribution is -2.20. The number of nitrogens with zero attached hydrogens (tertiary/aromatic N) is 4. The molecule has 3 aromatic heterocycles. The van der Waals surface area contributed by atoms with E-state index in [0.717, 1.165) is 0 Å². The fraction of sp³-hybridized carbons (Fsp3) is 0.286. The van der Waals surface area contributed by atoms with E-state index in [1.165, 1.54) is 4.57 Å². The fourth-order valence-corrected chi connectivity index (χ4v) is 2.28. The first-order valence-electron chi connectivity index (χ1n) is 7.03. The number of hydrogen-bond donors (Lipinski definition) is 2. The summed E-state index contributed by atoms with van der Waals surface area (Å²) in [4.78, 5) is 12.4. The third-order valence-corrected chi connectivity index (χ3v) is 3.69. The van der Waals surface area contributed by atoms with Crippen LogP contribution in [0.4, 0.5) is 5.82 Å². The Morgan fingerprint density at radius 2 is 2.26 bits per heavy atom. The van der Waals surface area contributed by atoms with Gasteiger partial charge in [0.25, 0.3) is 5.91 Å². The molecule has 8 nitrogen and oxygen atoms in total. The molecule has 0 radical (unpaired) electrons. The van der Waals surface area contributed by atoms with Gasteiger partial charge in [-0.1, -0.05) is 0 Å². The maximum Gasteiger partial charge on any atom is 0.294 e. The van der Waals surface area contributed by atoms with E-state index in [1.807, 2.05) is 19.9 Å². The average molecular weight is 332 g/mol. The second-order valence-electron chi connectivity index (χ2n) is 5.30. The third kappa shape index (κ3) is 2.82. The van der Waals surface area contributed by atoms with E-state index in [-0.39, 0.29) is 17.8 Å². The van der Waals surface area contributed by atoms with Crippen molar-refractivity contribution in [1.29, 1.82) is 0 Å². The molecule has 9 heteroatoms. The van der Waals surface area contributed by atoms with E-state index < -0.39 is 0 Å². The summed E-state index contributed by atoms with van der Waals surface area (Å²) in [6, 6.07) is 5.43. The van der Waals surface area contributed by atoms with Crippen molar-refractivity contribution in [3.05, 3.63) is 35.1 Å². The van der Waals surface area contributed by atoms with Crippen molar-refractivity contribution in [3.8, 4) is 11.5 Å². The molecule has 0 saturated carbocycles. The molecule has 0 aromatic carbocycles. The van der Waals surface area contributed by atoms with Gasteiger partial charge in [-0.15, -0.1) is 5.10 Å². The molecule has 0 bridgehead atoms. The van der Waals surface area contributed by atoms with Crippen LogP contribution in [-0.2, 0) is 7.05 Å². The van der Waals surface area contributed by atoms with Gasteiger partial charge < -0.3 is 9.73 Å². The molecule has 0 spiro atoms. The molecule has 3 aromatic rings. The van der Waals surface area contributed by atoms with Crippen LogP contribution in [0.1, 0.15) is 30.5 Å². The molecular weight excluding hydrogens is 316 g/mol. The summed E-state index contributed by atoms with van der Waals surface area (Å²) in [6.07, 6.45) is 1.58. The molecule has 3 rings (SSSR count). The maximum atomic E-state index is 12.4. The highest BCUT2D eigenvalue weighted by Gasteiger charge is 2.19. The van der Waals surface area contributed by atoms with Gasteiger partial charge in [0.05, 0.1) is 6.26 Å². The lowest BCUT2D eigenvalue weighted by molar-refractivity contribution is 0.101. The molecule has 1 amide bonds. The lowest BCUT2D eigenvalue weighted by atomic mass is 10.3. The Labute approximate surface area is 137 Å². The summed E-state index contributed by atoms with van der Waals surface area (Å²) >= 11 is 5.02. The van der Waals surface area contributed by atoms with Gasteiger partial charge in [-0.25, -0.2) is 4.68 Å². The highest BCUT2D eigenvalue weighted by atomic mass is 32.1. The van der Waals surface area contributed by atoms with Gasteiger partial charge in [-0.3, -0.25) is 14.5 Å². The molecule has 0 unspecified atom stereocenters. The summed E-state index contributed by atoms with van der Waals surface area (Å²) in [6.45, 7) is 3.95. The fourth-order valence-electron chi connectivity index (χ4n) is 2.15. The van der Waals surface area contributed by atoms with Crippen LogP contribution in [0.5, 0.6) is 0 Å². The number of amides is 1. The van der Waals surface area contributed by atoms with Gasteiger partial charge in [0.2, 0.25) is 5.82 Å².